The van der Waals surface area contributed by atoms with Crippen molar-refractivity contribution >= 4 is 52.5 Å². The number of ether oxygens (including phenoxy) is 2. The van der Waals surface area contributed by atoms with Crippen LogP contribution in [0.5, 0.6) is 11.5 Å². The zero-order valence-corrected chi connectivity index (χ0v) is 27.6. The van der Waals surface area contributed by atoms with Crippen molar-refractivity contribution in [2.45, 2.75) is 12.8 Å². The molecule has 10 heteroatoms. The van der Waals surface area contributed by atoms with Crippen LogP contribution in [0.25, 0.3) is 28.0 Å². The first-order chi connectivity index (χ1) is 22.3. The molecule has 0 unspecified atom stereocenters. The van der Waals surface area contributed by atoms with Crippen molar-refractivity contribution in [3.05, 3.63) is 123 Å². The Kier molecular flexibility index (Phi) is 6.75. The topological polar surface area (TPSA) is 42.6 Å². The Bertz CT molecular complexity index is 2170. The van der Waals surface area contributed by atoms with Gasteiger partial charge < -0.3 is 27.1 Å². The molecule has 5 aromatic rings. The lowest BCUT2D eigenvalue weighted by Gasteiger charge is -2.33. The van der Waals surface area contributed by atoms with Crippen molar-refractivity contribution in [1.29, 1.82) is 0 Å². The number of hydrogen-bond donors (Lipinski definition) is 0. The van der Waals surface area contributed by atoms with E-state index in [2.05, 4.69) is 22.6 Å². The first kappa shape index (κ1) is 28.9. The van der Waals surface area contributed by atoms with E-state index in [9.17, 15) is 0 Å². The third-order valence-corrected chi connectivity index (χ3v) is 10.1. The van der Waals surface area contributed by atoms with E-state index < -0.39 is 6.97 Å². The largest absolute Gasteiger partial charge is 0.642 e. The maximum absolute atomic E-state index is 17.9. The molecule has 0 atom stereocenters. The highest BCUT2D eigenvalue weighted by atomic mass is 127. The second-order valence-electron chi connectivity index (χ2n) is 11.7. The fourth-order valence-electron chi connectivity index (χ4n) is 7.06. The maximum atomic E-state index is 17.9. The SMILES string of the molecule is COc1ccc(C2=[N+]3C(=Nc4c(-c5ccc[n+](C)c5)c5c(n4[B-]3(F)F)-c3ccc(OC)cc3CC5)C(c3ccccc3)=C2I)cc1. The summed E-state index contributed by atoms with van der Waals surface area (Å²) < 4.78 is 51.8. The van der Waals surface area contributed by atoms with Crippen LogP contribution in [-0.4, -0.2) is 41.7 Å². The number of nitrogens with zero attached hydrogens (tertiary/aromatic N) is 4. The average Bonchev–Trinajstić information content (AvgIpc) is 3.57. The highest BCUT2D eigenvalue weighted by Crippen LogP contribution is 2.52. The second-order valence-corrected chi connectivity index (χ2v) is 12.8. The van der Waals surface area contributed by atoms with E-state index in [4.69, 9.17) is 14.5 Å². The Morgan fingerprint density at radius 2 is 1.57 bits per heavy atom. The van der Waals surface area contributed by atoms with Crippen molar-refractivity contribution in [3.8, 4) is 33.9 Å². The Hall–Kier alpha value is -4.58. The van der Waals surface area contributed by atoms with Crippen molar-refractivity contribution in [1.82, 2.24) is 4.48 Å². The monoisotopic (exact) mass is 725 g/mol. The Morgan fingerprint density at radius 3 is 2.28 bits per heavy atom. The number of pyridine rings is 1. The molecule has 228 valence electrons. The van der Waals surface area contributed by atoms with Gasteiger partial charge in [-0.25, -0.2) is 4.57 Å². The molecule has 3 aliphatic rings. The molecule has 2 aromatic heterocycles. The molecule has 8 rings (SSSR count). The molecule has 0 saturated heterocycles. The van der Waals surface area contributed by atoms with Crippen LogP contribution >= 0.6 is 22.6 Å². The minimum atomic E-state index is -4.43. The number of rotatable bonds is 5. The summed E-state index contributed by atoms with van der Waals surface area (Å²) in [6.07, 6.45) is 5.25. The molecule has 2 aliphatic heterocycles. The summed E-state index contributed by atoms with van der Waals surface area (Å²) in [7, 11) is 5.16. The first-order valence-electron chi connectivity index (χ1n) is 15.1. The molecule has 0 amide bonds. The van der Waals surface area contributed by atoms with E-state index in [1.165, 1.54) is 8.96 Å². The summed E-state index contributed by atoms with van der Waals surface area (Å²) in [6.45, 7) is -4.43. The fraction of sp³-hybridized carbons (Fsp3) is 0.139. The minimum absolute atomic E-state index is 0.255. The first-order valence-corrected chi connectivity index (χ1v) is 16.2. The van der Waals surface area contributed by atoms with E-state index in [0.29, 0.717) is 50.5 Å². The molecular weight excluding hydrogens is 696 g/mol. The molecular formula is C36H29BF2IN4O2+. The lowest BCUT2D eigenvalue weighted by molar-refractivity contribution is -0.671. The standard InChI is InChI=1S/C36H29BF2IN4O2/c1-42-19-7-10-25(21-42)30-29-17-13-24-20-27(46-3)16-18-28(24)34(29)44-35(30)41-36-31(22-8-5-4-6-9-22)32(40)33(43(36)37(44,38)39)23-11-14-26(45-2)15-12-23/h4-12,14-16,18-21H,13,17H2,1-3H3/q+1. The number of benzene rings is 3. The lowest BCUT2D eigenvalue weighted by atomic mass is 9.85. The zero-order chi connectivity index (χ0) is 31.7. The normalized spacial score (nSPS) is 16.0. The average molecular weight is 725 g/mol. The van der Waals surface area contributed by atoms with Crippen LogP contribution in [0.15, 0.2) is 106 Å². The zero-order valence-electron chi connectivity index (χ0n) is 25.5. The molecule has 0 fully saturated rings. The molecule has 1 aliphatic carbocycles. The summed E-state index contributed by atoms with van der Waals surface area (Å²) in [6, 6.07) is 26.6. The molecule has 3 aromatic carbocycles. The van der Waals surface area contributed by atoms with Gasteiger partial charge in [0.2, 0.25) is 5.82 Å². The number of amidine groups is 1. The van der Waals surface area contributed by atoms with Gasteiger partial charge in [-0.3, -0.25) is 0 Å². The van der Waals surface area contributed by atoms with Crippen LogP contribution in [0.1, 0.15) is 22.3 Å². The number of fused-ring (bicyclic) bond motifs is 6. The number of aromatic nitrogens is 2. The quantitative estimate of drug-likeness (QED) is 0.108. The number of allylic oxidation sites excluding steroid dienone is 1. The molecule has 0 saturated carbocycles. The molecule has 46 heavy (non-hydrogen) atoms. The Balaban J connectivity index is 1.49. The van der Waals surface area contributed by atoms with Crippen LogP contribution in [0.4, 0.5) is 14.4 Å². The van der Waals surface area contributed by atoms with Gasteiger partial charge in [-0.2, -0.15) is 0 Å². The van der Waals surface area contributed by atoms with Crippen molar-refractivity contribution in [3.63, 3.8) is 0 Å². The molecule has 0 N–H and O–H groups in total. The van der Waals surface area contributed by atoms with Gasteiger partial charge in [0.25, 0.3) is 5.84 Å². The minimum Gasteiger partial charge on any atom is -0.497 e. The van der Waals surface area contributed by atoms with Crippen LogP contribution in [0, 0.1) is 0 Å². The highest BCUT2D eigenvalue weighted by molar-refractivity contribution is 14.1. The summed E-state index contributed by atoms with van der Waals surface area (Å²) in [5.41, 5.74) is 7.39. The third kappa shape index (κ3) is 4.22. The molecule has 0 radical (unpaired) electrons. The lowest BCUT2D eigenvalue weighted by Crippen LogP contribution is -2.53. The van der Waals surface area contributed by atoms with Crippen molar-refractivity contribution in [2.75, 3.05) is 14.2 Å². The van der Waals surface area contributed by atoms with Gasteiger partial charge in [0, 0.05) is 17.3 Å². The number of aryl methyl sites for hydroxylation is 2. The maximum Gasteiger partial charge on any atom is 0.642 e. The molecule has 0 spiro atoms. The van der Waals surface area contributed by atoms with E-state index in [1.54, 1.807) is 26.4 Å². The summed E-state index contributed by atoms with van der Waals surface area (Å²) in [5, 5.41) is 0. The second kappa shape index (κ2) is 10.8. The van der Waals surface area contributed by atoms with E-state index in [-0.39, 0.29) is 11.7 Å². The third-order valence-electron chi connectivity index (χ3n) is 9.10. The summed E-state index contributed by atoms with van der Waals surface area (Å²) >= 11 is 2.21. The predicted molar refractivity (Wildman–Crippen MR) is 186 cm³/mol. The Morgan fingerprint density at radius 1 is 0.848 bits per heavy atom. The smallest absolute Gasteiger partial charge is 0.497 e. The molecule has 4 heterocycles. The van der Waals surface area contributed by atoms with Gasteiger partial charge in [-0.1, -0.05) is 30.3 Å². The van der Waals surface area contributed by atoms with Crippen molar-refractivity contribution < 1.29 is 27.2 Å². The Labute approximate surface area is 279 Å². The van der Waals surface area contributed by atoms with Gasteiger partial charge >= 0.3 is 6.97 Å². The van der Waals surface area contributed by atoms with Crippen LogP contribution in [0.3, 0.4) is 0 Å². The van der Waals surface area contributed by atoms with E-state index in [1.807, 2.05) is 96.8 Å². The summed E-state index contributed by atoms with van der Waals surface area (Å²) in [5.74, 6) is 1.90. The molecule has 0 bridgehead atoms. The number of aliphatic imine (C=N–C) groups is 1. The van der Waals surface area contributed by atoms with Gasteiger partial charge in [-0.15, -0.1) is 0 Å². The van der Waals surface area contributed by atoms with Crippen LogP contribution in [0.2, 0.25) is 0 Å². The van der Waals surface area contributed by atoms with Gasteiger partial charge in [0.05, 0.1) is 34.5 Å². The number of halogens is 3. The van der Waals surface area contributed by atoms with Gasteiger partial charge in [-0.05, 0) is 111 Å². The van der Waals surface area contributed by atoms with Gasteiger partial charge in [0.15, 0.2) is 12.4 Å². The summed E-state index contributed by atoms with van der Waals surface area (Å²) in [4.78, 5) is 5.24. The number of hydrogen-bond acceptors (Lipinski definition) is 3. The van der Waals surface area contributed by atoms with Gasteiger partial charge in [0.1, 0.15) is 24.3 Å². The van der Waals surface area contributed by atoms with Crippen LogP contribution in [-0.2, 0) is 19.9 Å². The number of methoxy groups -OCH3 is 2. The van der Waals surface area contributed by atoms with E-state index >= 15 is 8.63 Å². The predicted octanol–water partition coefficient (Wildman–Crippen LogP) is 7.39. The highest BCUT2D eigenvalue weighted by Gasteiger charge is 2.56. The fourth-order valence-corrected chi connectivity index (χ4v) is 8.18. The van der Waals surface area contributed by atoms with Crippen molar-refractivity contribution in [2.24, 2.45) is 12.0 Å². The van der Waals surface area contributed by atoms with E-state index in [0.717, 1.165) is 33.4 Å². The van der Waals surface area contributed by atoms with Crippen LogP contribution < -0.4 is 14.0 Å². The molecule has 6 nitrogen and oxygen atoms in total.